The maximum absolute atomic E-state index is 12.6. The lowest BCUT2D eigenvalue weighted by atomic mass is 9.96. The predicted molar refractivity (Wildman–Crippen MR) is 72.3 cm³/mol. The van der Waals surface area contributed by atoms with Crippen LogP contribution in [0.1, 0.15) is 49.2 Å². The van der Waals surface area contributed by atoms with Crippen LogP contribution < -0.4 is 5.73 Å². The van der Waals surface area contributed by atoms with Crippen molar-refractivity contribution in [1.82, 2.24) is 9.88 Å². The van der Waals surface area contributed by atoms with Crippen molar-refractivity contribution in [1.29, 1.82) is 0 Å². The van der Waals surface area contributed by atoms with Crippen molar-refractivity contribution in [2.24, 2.45) is 0 Å². The Morgan fingerprint density at radius 2 is 1.94 bits per heavy atom. The standard InChI is InChI=1S/C14H21N3O/c1-9-7-12(8-13(15)16-9)14(18)17-10(2)5-4-6-11(17)3/h7-8,10-11H,4-6H2,1-3H3,(H2,15,16)/t10-,11+. The second-order valence-corrected chi connectivity index (χ2v) is 5.26. The number of nitrogens with two attached hydrogens (primary N) is 1. The summed E-state index contributed by atoms with van der Waals surface area (Å²) in [6.07, 6.45) is 3.36. The molecule has 18 heavy (non-hydrogen) atoms. The topological polar surface area (TPSA) is 59.2 Å². The molecule has 2 rings (SSSR count). The minimum absolute atomic E-state index is 0.0758. The number of likely N-dealkylation sites (tertiary alicyclic amines) is 1. The van der Waals surface area contributed by atoms with Gasteiger partial charge in [-0.1, -0.05) is 0 Å². The molecule has 2 N–H and O–H groups in total. The highest BCUT2D eigenvalue weighted by Crippen LogP contribution is 2.25. The van der Waals surface area contributed by atoms with Gasteiger partial charge in [0.15, 0.2) is 0 Å². The summed E-state index contributed by atoms with van der Waals surface area (Å²) in [4.78, 5) is 18.7. The molecule has 2 atom stereocenters. The van der Waals surface area contributed by atoms with Crippen molar-refractivity contribution in [2.45, 2.75) is 52.1 Å². The van der Waals surface area contributed by atoms with Gasteiger partial charge < -0.3 is 10.6 Å². The first kappa shape index (κ1) is 12.9. The first-order valence-corrected chi connectivity index (χ1v) is 6.56. The van der Waals surface area contributed by atoms with Gasteiger partial charge in [0.1, 0.15) is 5.82 Å². The van der Waals surface area contributed by atoms with Gasteiger partial charge in [0.2, 0.25) is 0 Å². The molecule has 98 valence electrons. The zero-order valence-electron chi connectivity index (χ0n) is 11.3. The van der Waals surface area contributed by atoms with Crippen LogP contribution in [0, 0.1) is 6.92 Å². The summed E-state index contributed by atoms with van der Waals surface area (Å²) in [6, 6.07) is 4.09. The Kier molecular flexibility index (Phi) is 3.55. The van der Waals surface area contributed by atoms with Crippen LogP contribution in [0.3, 0.4) is 0 Å². The number of carbonyl (C=O) groups excluding carboxylic acids is 1. The number of piperidine rings is 1. The average Bonchev–Trinajstić information content (AvgIpc) is 2.27. The van der Waals surface area contributed by atoms with Gasteiger partial charge in [0.05, 0.1) is 0 Å². The highest BCUT2D eigenvalue weighted by atomic mass is 16.2. The summed E-state index contributed by atoms with van der Waals surface area (Å²) in [5.41, 5.74) is 7.16. The van der Waals surface area contributed by atoms with E-state index < -0.39 is 0 Å². The molecule has 0 unspecified atom stereocenters. The highest BCUT2D eigenvalue weighted by molar-refractivity contribution is 5.95. The number of carbonyl (C=O) groups is 1. The Labute approximate surface area is 108 Å². The number of nitrogen functional groups attached to an aromatic ring is 1. The van der Waals surface area contributed by atoms with Crippen LogP contribution in [0.5, 0.6) is 0 Å². The number of hydrogen-bond acceptors (Lipinski definition) is 3. The second kappa shape index (κ2) is 4.96. The molecule has 0 aliphatic carbocycles. The predicted octanol–water partition coefficient (Wildman–Crippen LogP) is 2.38. The molecule has 0 spiro atoms. The fourth-order valence-corrected chi connectivity index (χ4v) is 2.79. The normalized spacial score (nSPS) is 24.1. The number of aromatic nitrogens is 1. The molecule has 0 saturated carbocycles. The number of rotatable bonds is 1. The fraction of sp³-hybridized carbons (Fsp3) is 0.571. The van der Waals surface area contributed by atoms with E-state index in [0.29, 0.717) is 23.5 Å². The van der Waals surface area contributed by atoms with Gasteiger partial charge in [0, 0.05) is 23.3 Å². The summed E-state index contributed by atoms with van der Waals surface area (Å²) in [7, 11) is 0. The largest absolute Gasteiger partial charge is 0.384 e. The maximum Gasteiger partial charge on any atom is 0.254 e. The van der Waals surface area contributed by atoms with Gasteiger partial charge in [-0.05, 0) is 52.2 Å². The molecule has 4 nitrogen and oxygen atoms in total. The Hall–Kier alpha value is -1.58. The van der Waals surface area contributed by atoms with Crippen LogP contribution in [0.25, 0.3) is 0 Å². The summed E-state index contributed by atoms with van der Waals surface area (Å²) < 4.78 is 0. The molecule has 1 amide bonds. The van der Waals surface area contributed by atoms with Crippen molar-refractivity contribution in [3.8, 4) is 0 Å². The van der Waals surface area contributed by atoms with Gasteiger partial charge >= 0.3 is 0 Å². The van der Waals surface area contributed by atoms with E-state index in [1.54, 1.807) is 6.07 Å². The Morgan fingerprint density at radius 1 is 1.33 bits per heavy atom. The smallest absolute Gasteiger partial charge is 0.254 e. The SMILES string of the molecule is Cc1cc(C(=O)N2[C@H](C)CCC[C@@H]2C)cc(N)n1. The van der Waals surface area contributed by atoms with Crippen LogP contribution in [0.15, 0.2) is 12.1 Å². The van der Waals surface area contributed by atoms with Gasteiger partial charge in [-0.25, -0.2) is 4.98 Å². The van der Waals surface area contributed by atoms with Crippen LogP contribution in [0.4, 0.5) is 5.82 Å². The zero-order chi connectivity index (χ0) is 13.3. The van der Waals surface area contributed by atoms with Gasteiger partial charge in [-0.3, -0.25) is 4.79 Å². The first-order valence-electron chi connectivity index (χ1n) is 6.56. The molecule has 0 bridgehead atoms. The number of pyridine rings is 1. The Morgan fingerprint density at radius 3 is 2.50 bits per heavy atom. The van der Waals surface area contributed by atoms with Gasteiger partial charge in [-0.2, -0.15) is 0 Å². The molecular weight excluding hydrogens is 226 g/mol. The number of anilines is 1. The molecule has 1 saturated heterocycles. The fourth-order valence-electron chi connectivity index (χ4n) is 2.79. The summed E-state index contributed by atoms with van der Waals surface area (Å²) in [5.74, 6) is 0.488. The average molecular weight is 247 g/mol. The van der Waals surface area contributed by atoms with Crippen molar-refractivity contribution < 1.29 is 4.79 Å². The lowest BCUT2D eigenvalue weighted by Gasteiger charge is -2.39. The molecular formula is C14H21N3O. The Balaban J connectivity index is 2.29. The lowest BCUT2D eigenvalue weighted by Crippen LogP contribution is -2.47. The molecule has 1 fully saturated rings. The number of nitrogens with zero attached hydrogens (tertiary/aromatic N) is 2. The van der Waals surface area contributed by atoms with E-state index in [9.17, 15) is 4.79 Å². The van der Waals surface area contributed by atoms with Crippen molar-refractivity contribution >= 4 is 11.7 Å². The zero-order valence-corrected chi connectivity index (χ0v) is 11.3. The lowest BCUT2D eigenvalue weighted by molar-refractivity contribution is 0.0510. The molecule has 1 aliphatic heterocycles. The maximum atomic E-state index is 12.6. The third-order valence-electron chi connectivity index (χ3n) is 3.65. The number of amides is 1. The third-order valence-corrected chi connectivity index (χ3v) is 3.65. The van der Waals surface area contributed by atoms with E-state index in [0.717, 1.165) is 18.5 Å². The van der Waals surface area contributed by atoms with E-state index >= 15 is 0 Å². The number of aryl methyl sites for hydroxylation is 1. The van der Waals surface area contributed by atoms with Crippen molar-refractivity contribution in [2.75, 3.05) is 5.73 Å². The van der Waals surface area contributed by atoms with Crippen LogP contribution >= 0.6 is 0 Å². The quantitative estimate of drug-likeness (QED) is 0.828. The van der Waals surface area contributed by atoms with Crippen LogP contribution in [0.2, 0.25) is 0 Å². The summed E-state index contributed by atoms with van der Waals surface area (Å²) >= 11 is 0. The Bertz CT molecular complexity index is 428. The van der Waals surface area contributed by atoms with E-state index in [1.165, 1.54) is 6.42 Å². The first-order chi connectivity index (χ1) is 8.49. The van der Waals surface area contributed by atoms with Crippen molar-refractivity contribution in [3.05, 3.63) is 23.4 Å². The van der Waals surface area contributed by atoms with Crippen molar-refractivity contribution in [3.63, 3.8) is 0 Å². The minimum atomic E-state index is 0.0758. The van der Waals surface area contributed by atoms with Crippen LogP contribution in [-0.2, 0) is 0 Å². The van der Waals surface area contributed by atoms with E-state index in [2.05, 4.69) is 18.8 Å². The second-order valence-electron chi connectivity index (χ2n) is 5.26. The molecule has 0 radical (unpaired) electrons. The van der Waals surface area contributed by atoms with Crippen LogP contribution in [-0.4, -0.2) is 27.9 Å². The molecule has 1 aromatic rings. The molecule has 0 aromatic carbocycles. The summed E-state index contributed by atoms with van der Waals surface area (Å²) in [5, 5.41) is 0. The molecule has 4 heteroatoms. The van der Waals surface area contributed by atoms with Gasteiger partial charge in [-0.15, -0.1) is 0 Å². The van der Waals surface area contributed by atoms with Gasteiger partial charge in [0.25, 0.3) is 5.91 Å². The van der Waals surface area contributed by atoms with E-state index in [1.807, 2.05) is 17.9 Å². The highest BCUT2D eigenvalue weighted by Gasteiger charge is 2.29. The van der Waals surface area contributed by atoms with E-state index in [4.69, 9.17) is 5.73 Å². The summed E-state index contributed by atoms with van der Waals surface area (Å²) in [6.45, 7) is 6.09. The monoisotopic (exact) mass is 247 g/mol. The van der Waals surface area contributed by atoms with E-state index in [-0.39, 0.29) is 5.91 Å². The molecule has 1 aromatic heterocycles. The molecule has 1 aliphatic rings. The number of hydrogen-bond donors (Lipinski definition) is 1. The minimum Gasteiger partial charge on any atom is -0.384 e. The molecule has 2 heterocycles. The third kappa shape index (κ3) is 2.47.